The lowest BCUT2D eigenvalue weighted by Crippen LogP contribution is -2.15. The van der Waals surface area contributed by atoms with Gasteiger partial charge in [0.2, 0.25) is 0 Å². The highest BCUT2D eigenvalue weighted by Gasteiger charge is 2.07. The minimum atomic E-state index is -0.497. The van der Waals surface area contributed by atoms with Gasteiger partial charge in [0, 0.05) is 0 Å². The maximum absolute atomic E-state index is 11.7. The Balaban J connectivity index is 1.81. The van der Waals surface area contributed by atoms with E-state index >= 15 is 0 Å². The third kappa shape index (κ3) is 4.25. The van der Waals surface area contributed by atoms with E-state index in [0.29, 0.717) is 11.3 Å². The molecule has 0 aliphatic heterocycles. The van der Waals surface area contributed by atoms with Crippen molar-refractivity contribution >= 4 is 5.97 Å². The van der Waals surface area contributed by atoms with Gasteiger partial charge in [0.05, 0.1) is 12.7 Å². The standard InChI is InChI=1S/C17H15NO4/c1-20-15-8-6-13(7-9-15)11-22-17(19)12-21-16-5-3-2-4-14(16)10-18/h2-9H,11-12H2,1H3. The number of carbonyl (C=O) groups excluding carboxylic acids is 1. The lowest BCUT2D eigenvalue weighted by atomic mass is 10.2. The number of nitrogens with zero attached hydrogens (tertiary/aromatic N) is 1. The topological polar surface area (TPSA) is 68.6 Å². The fourth-order valence-corrected chi connectivity index (χ4v) is 1.75. The van der Waals surface area contributed by atoms with Crippen molar-refractivity contribution in [2.24, 2.45) is 0 Å². The first-order valence-corrected chi connectivity index (χ1v) is 6.63. The summed E-state index contributed by atoms with van der Waals surface area (Å²) in [5.74, 6) is 0.612. The molecule has 0 saturated carbocycles. The van der Waals surface area contributed by atoms with Crippen LogP contribution in [0.25, 0.3) is 0 Å². The zero-order chi connectivity index (χ0) is 15.8. The Hall–Kier alpha value is -3.00. The first-order valence-electron chi connectivity index (χ1n) is 6.63. The van der Waals surface area contributed by atoms with Crippen molar-refractivity contribution < 1.29 is 19.0 Å². The number of benzene rings is 2. The smallest absolute Gasteiger partial charge is 0.344 e. The van der Waals surface area contributed by atoms with E-state index in [0.717, 1.165) is 11.3 Å². The molecule has 5 heteroatoms. The Bertz CT molecular complexity index is 674. The van der Waals surface area contributed by atoms with Crippen molar-refractivity contribution in [2.45, 2.75) is 6.61 Å². The van der Waals surface area contributed by atoms with Gasteiger partial charge in [-0.15, -0.1) is 0 Å². The molecule has 0 aliphatic rings. The fraction of sp³-hybridized carbons (Fsp3) is 0.176. The lowest BCUT2D eigenvalue weighted by Gasteiger charge is -2.08. The van der Waals surface area contributed by atoms with Gasteiger partial charge < -0.3 is 14.2 Å². The summed E-state index contributed by atoms with van der Waals surface area (Å²) in [7, 11) is 1.59. The van der Waals surface area contributed by atoms with Gasteiger partial charge in [0.15, 0.2) is 6.61 Å². The maximum atomic E-state index is 11.7. The zero-order valence-electron chi connectivity index (χ0n) is 12.1. The van der Waals surface area contributed by atoms with E-state index in [1.54, 1.807) is 43.5 Å². The largest absolute Gasteiger partial charge is 0.497 e. The molecule has 0 fully saturated rings. The maximum Gasteiger partial charge on any atom is 0.344 e. The number of hydrogen-bond donors (Lipinski definition) is 0. The van der Waals surface area contributed by atoms with Gasteiger partial charge in [-0.25, -0.2) is 4.79 Å². The van der Waals surface area contributed by atoms with E-state index in [1.165, 1.54) is 0 Å². The highest BCUT2D eigenvalue weighted by atomic mass is 16.6. The summed E-state index contributed by atoms with van der Waals surface area (Å²) >= 11 is 0. The van der Waals surface area contributed by atoms with Gasteiger partial charge in [-0.1, -0.05) is 24.3 Å². The molecule has 0 heterocycles. The van der Waals surface area contributed by atoms with Crippen LogP contribution in [0.5, 0.6) is 11.5 Å². The number of carbonyl (C=O) groups is 1. The van der Waals surface area contributed by atoms with Crippen LogP contribution in [0.15, 0.2) is 48.5 Å². The van der Waals surface area contributed by atoms with Crippen LogP contribution in [-0.4, -0.2) is 19.7 Å². The second kappa shape index (κ2) is 7.70. The quantitative estimate of drug-likeness (QED) is 0.767. The van der Waals surface area contributed by atoms with Crippen molar-refractivity contribution in [2.75, 3.05) is 13.7 Å². The van der Waals surface area contributed by atoms with Gasteiger partial charge in [-0.2, -0.15) is 5.26 Å². The average Bonchev–Trinajstić information content (AvgIpc) is 2.58. The molecule has 0 N–H and O–H groups in total. The van der Waals surface area contributed by atoms with Gasteiger partial charge in [0.1, 0.15) is 24.2 Å². The summed E-state index contributed by atoms with van der Waals surface area (Å²) in [4.78, 5) is 11.7. The number of rotatable bonds is 6. The van der Waals surface area contributed by atoms with Crippen LogP contribution >= 0.6 is 0 Å². The average molecular weight is 297 g/mol. The molecule has 0 aliphatic carbocycles. The molecule has 2 rings (SSSR count). The molecule has 0 aromatic heterocycles. The molecule has 0 atom stereocenters. The fourth-order valence-electron chi connectivity index (χ4n) is 1.75. The Morgan fingerprint density at radius 1 is 1.14 bits per heavy atom. The van der Waals surface area contributed by atoms with Crippen LogP contribution in [0.4, 0.5) is 0 Å². The minimum absolute atomic E-state index is 0.159. The molecule has 2 aromatic carbocycles. The molecule has 112 valence electrons. The van der Waals surface area contributed by atoms with Crippen LogP contribution in [0, 0.1) is 11.3 Å². The Kier molecular flexibility index (Phi) is 5.38. The first kappa shape index (κ1) is 15.4. The van der Waals surface area contributed by atoms with Crippen molar-refractivity contribution in [3.63, 3.8) is 0 Å². The molecular formula is C17H15NO4. The second-order valence-corrected chi connectivity index (χ2v) is 4.41. The molecule has 2 aromatic rings. The molecule has 0 radical (unpaired) electrons. The van der Waals surface area contributed by atoms with Gasteiger partial charge >= 0.3 is 5.97 Å². The molecule has 0 bridgehead atoms. The SMILES string of the molecule is COc1ccc(COC(=O)COc2ccccc2C#N)cc1. The second-order valence-electron chi connectivity index (χ2n) is 4.41. The van der Waals surface area contributed by atoms with Gasteiger partial charge in [-0.3, -0.25) is 0 Å². The summed E-state index contributed by atoms with van der Waals surface area (Å²) in [6.07, 6.45) is 0. The van der Waals surface area contributed by atoms with Crippen molar-refractivity contribution in [3.05, 3.63) is 59.7 Å². The van der Waals surface area contributed by atoms with Gasteiger partial charge in [0.25, 0.3) is 0 Å². The number of hydrogen-bond acceptors (Lipinski definition) is 5. The zero-order valence-corrected chi connectivity index (χ0v) is 12.1. The third-order valence-corrected chi connectivity index (χ3v) is 2.91. The number of methoxy groups -OCH3 is 1. The van der Waals surface area contributed by atoms with Crippen LogP contribution < -0.4 is 9.47 Å². The Labute approximate surface area is 128 Å². The summed E-state index contributed by atoms with van der Waals surface area (Å²) in [5, 5.41) is 8.92. The molecule has 0 spiro atoms. The van der Waals surface area contributed by atoms with Crippen molar-refractivity contribution in [1.29, 1.82) is 5.26 Å². The van der Waals surface area contributed by atoms with Gasteiger partial charge in [-0.05, 0) is 29.8 Å². The number of para-hydroxylation sites is 1. The van der Waals surface area contributed by atoms with E-state index in [-0.39, 0.29) is 13.2 Å². The summed E-state index contributed by atoms with van der Waals surface area (Å²) < 4.78 is 15.5. The lowest BCUT2D eigenvalue weighted by molar-refractivity contribution is -0.147. The Morgan fingerprint density at radius 2 is 1.86 bits per heavy atom. The molecule has 5 nitrogen and oxygen atoms in total. The summed E-state index contributed by atoms with van der Waals surface area (Å²) in [6, 6.07) is 15.9. The summed E-state index contributed by atoms with van der Waals surface area (Å²) in [5.41, 5.74) is 1.23. The molecular weight excluding hydrogens is 282 g/mol. The summed E-state index contributed by atoms with van der Waals surface area (Å²) in [6.45, 7) is -0.0824. The van der Waals surface area contributed by atoms with E-state index in [2.05, 4.69) is 0 Å². The number of ether oxygens (including phenoxy) is 3. The predicted octanol–water partition coefficient (Wildman–Crippen LogP) is 2.69. The van der Waals surface area contributed by atoms with Crippen molar-refractivity contribution in [3.8, 4) is 17.6 Å². The monoisotopic (exact) mass is 297 g/mol. The molecule has 0 amide bonds. The van der Waals surface area contributed by atoms with Crippen LogP contribution in [0.1, 0.15) is 11.1 Å². The highest BCUT2D eigenvalue weighted by molar-refractivity contribution is 5.71. The number of nitriles is 1. The molecule has 22 heavy (non-hydrogen) atoms. The molecule has 0 unspecified atom stereocenters. The number of esters is 1. The van der Waals surface area contributed by atoms with E-state index in [9.17, 15) is 4.79 Å². The first-order chi connectivity index (χ1) is 10.7. The predicted molar refractivity (Wildman–Crippen MR) is 79.4 cm³/mol. The van der Waals surface area contributed by atoms with Crippen LogP contribution in [-0.2, 0) is 16.1 Å². The minimum Gasteiger partial charge on any atom is -0.497 e. The van der Waals surface area contributed by atoms with Crippen molar-refractivity contribution in [1.82, 2.24) is 0 Å². The molecule has 0 saturated heterocycles. The van der Waals surface area contributed by atoms with E-state index in [4.69, 9.17) is 19.5 Å². The Morgan fingerprint density at radius 3 is 2.55 bits per heavy atom. The van der Waals surface area contributed by atoms with Crippen LogP contribution in [0.3, 0.4) is 0 Å². The van der Waals surface area contributed by atoms with Crippen LogP contribution in [0.2, 0.25) is 0 Å². The highest BCUT2D eigenvalue weighted by Crippen LogP contribution is 2.16. The van der Waals surface area contributed by atoms with E-state index in [1.807, 2.05) is 18.2 Å². The third-order valence-electron chi connectivity index (χ3n) is 2.91. The normalized spacial score (nSPS) is 9.64. The van der Waals surface area contributed by atoms with E-state index < -0.39 is 5.97 Å².